The summed E-state index contributed by atoms with van der Waals surface area (Å²) in [4.78, 5) is 8.64. The number of pyridine rings is 1. The number of aromatic nitrogens is 1. The second-order valence-electron chi connectivity index (χ2n) is 6.10. The summed E-state index contributed by atoms with van der Waals surface area (Å²) in [6.45, 7) is 4.41. The van der Waals surface area contributed by atoms with Gasteiger partial charge < -0.3 is 15.4 Å². The van der Waals surface area contributed by atoms with Gasteiger partial charge in [-0.2, -0.15) is 0 Å². The normalized spacial score (nSPS) is 18.5. The summed E-state index contributed by atoms with van der Waals surface area (Å²) in [7, 11) is -3.35. The summed E-state index contributed by atoms with van der Waals surface area (Å²) >= 11 is 0. The molecule has 2 rings (SSSR count). The lowest BCUT2D eigenvalue weighted by atomic mass is 10.1. The molecule has 1 atom stereocenters. The number of sulfonamides is 1. The van der Waals surface area contributed by atoms with Crippen molar-refractivity contribution < 1.29 is 13.2 Å². The molecule has 26 heavy (non-hydrogen) atoms. The Morgan fingerprint density at radius 3 is 2.92 bits per heavy atom. The molecule has 0 saturated carbocycles. The predicted octanol–water partition coefficient (Wildman–Crippen LogP) is 0.625. The molecule has 0 aliphatic carbocycles. The van der Waals surface area contributed by atoms with E-state index in [1.807, 2.05) is 25.1 Å². The van der Waals surface area contributed by atoms with Crippen LogP contribution in [0.15, 0.2) is 29.4 Å². The third-order valence-electron chi connectivity index (χ3n) is 3.94. The smallest absolute Gasteiger partial charge is 0.213 e. The highest BCUT2D eigenvalue weighted by Crippen LogP contribution is 2.11. The SMILES string of the molecule is CCNC(=NCc1ccccn1)NCCS(=O)(=O)NCC1CCCCO1. The van der Waals surface area contributed by atoms with Gasteiger partial charge in [0.1, 0.15) is 0 Å². The maximum absolute atomic E-state index is 12.1. The number of guanidine groups is 1. The molecule has 1 aliphatic heterocycles. The topological polar surface area (TPSA) is 105 Å². The standard InChI is InChI=1S/C17H29N5O3S/c1-2-18-17(21-13-15-7-3-5-9-19-15)20-10-12-26(23,24)22-14-16-8-4-6-11-25-16/h3,5,7,9,16,22H,2,4,6,8,10-14H2,1H3,(H2,18,20,21). The molecule has 1 aromatic heterocycles. The van der Waals surface area contributed by atoms with E-state index in [2.05, 4.69) is 25.3 Å². The van der Waals surface area contributed by atoms with Crippen LogP contribution in [-0.4, -0.2) is 57.5 Å². The first-order valence-electron chi connectivity index (χ1n) is 9.10. The van der Waals surface area contributed by atoms with Gasteiger partial charge in [0, 0.05) is 32.4 Å². The van der Waals surface area contributed by atoms with Gasteiger partial charge in [0.05, 0.1) is 24.1 Å². The summed E-state index contributed by atoms with van der Waals surface area (Å²) < 4.78 is 32.4. The molecule has 2 heterocycles. The lowest BCUT2D eigenvalue weighted by Gasteiger charge is -2.22. The molecular weight excluding hydrogens is 354 g/mol. The molecule has 1 fully saturated rings. The van der Waals surface area contributed by atoms with Gasteiger partial charge in [0.25, 0.3) is 0 Å². The minimum Gasteiger partial charge on any atom is -0.377 e. The Hall–Kier alpha value is -1.71. The zero-order chi connectivity index (χ0) is 18.7. The van der Waals surface area contributed by atoms with E-state index >= 15 is 0 Å². The highest BCUT2D eigenvalue weighted by molar-refractivity contribution is 7.89. The lowest BCUT2D eigenvalue weighted by molar-refractivity contribution is 0.0200. The highest BCUT2D eigenvalue weighted by atomic mass is 32.2. The van der Waals surface area contributed by atoms with Gasteiger partial charge in [-0.1, -0.05) is 6.07 Å². The Morgan fingerprint density at radius 1 is 1.35 bits per heavy atom. The Bertz CT molecular complexity index is 646. The quantitative estimate of drug-likeness (QED) is 0.427. The summed E-state index contributed by atoms with van der Waals surface area (Å²) in [5.41, 5.74) is 0.853. The average Bonchev–Trinajstić information content (AvgIpc) is 2.66. The van der Waals surface area contributed by atoms with E-state index in [1.165, 1.54) is 0 Å². The fourth-order valence-electron chi connectivity index (χ4n) is 2.56. The van der Waals surface area contributed by atoms with Crippen LogP contribution >= 0.6 is 0 Å². The van der Waals surface area contributed by atoms with Gasteiger partial charge in [-0.05, 0) is 38.3 Å². The lowest BCUT2D eigenvalue weighted by Crippen LogP contribution is -2.42. The van der Waals surface area contributed by atoms with Crippen LogP contribution in [-0.2, 0) is 21.3 Å². The molecule has 0 bridgehead atoms. The fourth-order valence-corrected chi connectivity index (χ4v) is 3.51. The summed E-state index contributed by atoms with van der Waals surface area (Å²) in [6, 6.07) is 5.66. The minimum absolute atomic E-state index is 0.0104. The van der Waals surface area contributed by atoms with Crippen molar-refractivity contribution in [2.24, 2.45) is 4.99 Å². The van der Waals surface area contributed by atoms with Gasteiger partial charge in [-0.3, -0.25) is 4.98 Å². The predicted molar refractivity (Wildman–Crippen MR) is 102 cm³/mol. The fraction of sp³-hybridized carbons (Fsp3) is 0.647. The maximum atomic E-state index is 12.1. The van der Waals surface area contributed by atoms with Crippen molar-refractivity contribution >= 4 is 16.0 Å². The highest BCUT2D eigenvalue weighted by Gasteiger charge is 2.17. The van der Waals surface area contributed by atoms with Crippen LogP contribution in [0.1, 0.15) is 31.9 Å². The third-order valence-corrected chi connectivity index (χ3v) is 5.29. The average molecular weight is 384 g/mol. The van der Waals surface area contributed by atoms with Crippen molar-refractivity contribution in [3.63, 3.8) is 0 Å². The molecule has 0 spiro atoms. The molecule has 1 aliphatic rings. The Balaban J connectivity index is 1.74. The van der Waals surface area contributed by atoms with Gasteiger partial charge in [-0.25, -0.2) is 18.1 Å². The summed E-state index contributed by atoms with van der Waals surface area (Å²) in [5.74, 6) is 0.553. The second-order valence-corrected chi connectivity index (χ2v) is 8.03. The van der Waals surface area contributed by atoms with Gasteiger partial charge in [0.15, 0.2) is 5.96 Å². The van der Waals surface area contributed by atoms with E-state index < -0.39 is 10.0 Å². The molecule has 0 radical (unpaired) electrons. The van der Waals surface area contributed by atoms with Gasteiger partial charge >= 0.3 is 0 Å². The van der Waals surface area contributed by atoms with Crippen LogP contribution in [0.5, 0.6) is 0 Å². The Kier molecular flexibility index (Phi) is 8.79. The molecule has 0 aromatic carbocycles. The molecule has 9 heteroatoms. The zero-order valence-electron chi connectivity index (χ0n) is 15.3. The van der Waals surface area contributed by atoms with E-state index in [-0.39, 0.29) is 18.4 Å². The first kappa shape index (κ1) is 20.6. The van der Waals surface area contributed by atoms with Crippen LogP contribution in [0.4, 0.5) is 0 Å². The van der Waals surface area contributed by atoms with E-state index in [0.29, 0.717) is 32.2 Å². The molecular formula is C17H29N5O3S. The van der Waals surface area contributed by atoms with Crippen LogP contribution in [0.25, 0.3) is 0 Å². The minimum atomic E-state index is -3.35. The number of rotatable bonds is 9. The summed E-state index contributed by atoms with van der Waals surface area (Å²) in [6.07, 6.45) is 4.76. The van der Waals surface area contributed by atoms with Crippen molar-refractivity contribution in [3.8, 4) is 0 Å². The van der Waals surface area contributed by atoms with Crippen LogP contribution in [0.3, 0.4) is 0 Å². The molecule has 3 N–H and O–H groups in total. The number of aliphatic imine (C=N–C) groups is 1. The number of hydrogen-bond acceptors (Lipinski definition) is 5. The monoisotopic (exact) mass is 383 g/mol. The Morgan fingerprint density at radius 2 is 2.23 bits per heavy atom. The first-order chi connectivity index (χ1) is 12.6. The van der Waals surface area contributed by atoms with Crippen LogP contribution in [0, 0.1) is 0 Å². The second kappa shape index (κ2) is 11.1. The maximum Gasteiger partial charge on any atom is 0.213 e. The molecule has 0 amide bonds. The molecule has 1 aromatic rings. The molecule has 8 nitrogen and oxygen atoms in total. The van der Waals surface area contributed by atoms with Crippen LogP contribution < -0.4 is 15.4 Å². The molecule has 1 saturated heterocycles. The largest absolute Gasteiger partial charge is 0.377 e. The zero-order valence-corrected chi connectivity index (χ0v) is 16.1. The number of nitrogens with zero attached hydrogens (tertiary/aromatic N) is 2. The third kappa shape index (κ3) is 8.11. The van der Waals surface area contributed by atoms with Crippen molar-refractivity contribution in [1.82, 2.24) is 20.3 Å². The first-order valence-corrected chi connectivity index (χ1v) is 10.8. The Labute approximate surface area is 155 Å². The molecule has 1 unspecified atom stereocenters. The number of nitrogens with one attached hydrogen (secondary N) is 3. The van der Waals surface area contributed by atoms with Crippen molar-refractivity contribution in [2.75, 3.05) is 32.0 Å². The number of ether oxygens (including phenoxy) is 1. The van der Waals surface area contributed by atoms with E-state index in [9.17, 15) is 8.42 Å². The van der Waals surface area contributed by atoms with Gasteiger partial charge in [-0.15, -0.1) is 0 Å². The summed E-state index contributed by atoms with van der Waals surface area (Å²) in [5, 5.41) is 6.14. The van der Waals surface area contributed by atoms with Crippen LogP contribution in [0.2, 0.25) is 0 Å². The number of hydrogen-bond donors (Lipinski definition) is 3. The van der Waals surface area contributed by atoms with Crippen molar-refractivity contribution in [3.05, 3.63) is 30.1 Å². The van der Waals surface area contributed by atoms with E-state index in [0.717, 1.165) is 25.0 Å². The van der Waals surface area contributed by atoms with Crippen molar-refractivity contribution in [1.29, 1.82) is 0 Å². The molecule has 146 valence electrons. The van der Waals surface area contributed by atoms with E-state index in [4.69, 9.17) is 4.74 Å². The van der Waals surface area contributed by atoms with E-state index in [1.54, 1.807) is 6.20 Å². The van der Waals surface area contributed by atoms with Gasteiger partial charge in [0.2, 0.25) is 10.0 Å². The van der Waals surface area contributed by atoms with Crippen molar-refractivity contribution in [2.45, 2.75) is 38.8 Å².